The molecule has 1 heterocycles. The third-order valence-electron chi connectivity index (χ3n) is 2.68. The van der Waals surface area contributed by atoms with E-state index in [4.69, 9.17) is 15.2 Å². The van der Waals surface area contributed by atoms with Crippen LogP contribution in [0.5, 0.6) is 0 Å². The first-order valence-electron chi connectivity index (χ1n) is 5.07. The molecule has 0 radical (unpaired) electrons. The van der Waals surface area contributed by atoms with Crippen LogP contribution in [0.2, 0.25) is 0 Å². The lowest BCUT2D eigenvalue weighted by molar-refractivity contribution is -0.301. The van der Waals surface area contributed by atoms with E-state index >= 15 is 0 Å². The number of hydrogen-bond donors (Lipinski definition) is 5. The fourth-order valence-corrected chi connectivity index (χ4v) is 1.63. The first-order valence-corrected chi connectivity index (χ1v) is 5.07. The van der Waals surface area contributed by atoms with Crippen LogP contribution in [-0.2, 0) is 14.3 Å². The summed E-state index contributed by atoms with van der Waals surface area (Å²) in [5, 5.41) is 38.1. The van der Waals surface area contributed by atoms with E-state index in [0.29, 0.717) is 0 Å². The van der Waals surface area contributed by atoms with Gasteiger partial charge in [0.05, 0.1) is 6.54 Å². The monoisotopic (exact) mass is 251 g/mol. The smallest absolute Gasteiger partial charge is 0.186 e. The SMILES string of the molecule is CO[C@H]1O[C@H](C(O)C(=O)CN)[C@@H](O)[C@H](O)[C@H]1O. The minimum Gasteiger partial charge on any atom is -0.387 e. The third kappa shape index (κ3) is 2.80. The Bertz CT molecular complexity index is 272. The van der Waals surface area contributed by atoms with Crippen molar-refractivity contribution in [3.63, 3.8) is 0 Å². The Labute approximate surface area is 97.6 Å². The molecule has 1 saturated heterocycles. The van der Waals surface area contributed by atoms with E-state index in [1.165, 1.54) is 7.11 Å². The largest absolute Gasteiger partial charge is 0.387 e. The number of methoxy groups -OCH3 is 1. The molecule has 17 heavy (non-hydrogen) atoms. The Hall–Kier alpha value is -0.610. The van der Waals surface area contributed by atoms with Crippen LogP contribution >= 0.6 is 0 Å². The predicted octanol–water partition coefficient (Wildman–Crippen LogP) is -3.67. The fraction of sp³-hybridized carbons (Fsp3) is 0.889. The fourth-order valence-electron chi connectivity index (χ4n) is 1.63. The maximum atomic E-state index is 11.2. The van der Waals surface area contributed by atoms with E-state index in [0.717, 1.165) is 0 Å². The van der Waals surface area contributed by atoms with Gasteiger partial charge in [-0.3, -0.25) is 4.79 Å². The summed E-state index contributed by atoms with van der Waals surface area (Å²) in [5.74, 6) is -0.743. The average Bonchev–Trinajstić information content (AvgIpc) is 2.34. The minimum atomic E-state index is -1.69. The third-order valence-corrected chi connectivity index (χ3v) is 2.68. The molecule has 8 heteroatoms. The molecule has 1 aliphatic heterocycles. The topological polar surface area (TPSA) is 142 Å². The van der Waals surface area contributed by atoms with Crippen LogP contribution in [0.4, 0.5) is 0 Å². The molecule has 0 aromatic heterocycles. The van der Waals surface area contributed by atoms with Crippen molar-refractivity contribution in [3.8, 4) is 0 Å². The molecule has 0 aliphatic carbocycles. The number of ether oxygens (including phenoxy) is 2. The Balaban J connectivity index is 2.81. The van der Waals surface area contributed by atoms with Crippen molar-refractivity contribution in [3.05, 3.63) is 0 Å². The zero-order valence-corrected chi connectivity index (χ0v) is 9.26. The van der Waals surface area contributed by atoms with Crippen LogP contribution in [0.25, 0.3) is 0 Å². The van der Waals surface area contributed by atoms with Gasteiger partial charge in [-0.15, -0.1) is 0 Å². The standard InChI is InChI=1S/C9H17NO7/c1-16-9-7(15)5(13)6(14)8(17-9)4(12)3(11)2-10/h4-9,12-15H,2,10H2,1H3/t4?,5-,6-,7+,8+,9-/m0/s1. The van der Waals surface area contributed by atoms with Crippen molar-refractivity contribution in [2.75, 3.05) is 13.7 Å². The van der Waals surface area contributed by atoms with Gasteiger partial charge in [0, 0.05) is 7.11 Å². The summed E-state index contributed by atoms with van der Waals surface area (Å²) in [6.45, 7) is -0.427. The molecule has 1 fully saturated rings. The zero-order chi connectivity index (χ0) is 13.2. The van der Waals surface area contributed by atoms with E-state index in [2.05, 4.69) is 0 Å². The van der Waals surface area contributed by atoms with Gasteiger partial charge >= 0.3 is 0 Å². The molecule has 100 valence electrons. The Morgan fingerprint density at radius 3 is 2.41 bits per heavy atom. The van der Waals surface area contributed by atoms with Crippen molar-refractivity contribution >= 4 is 5.78 Å². The van der Waals surface area contributed by atoms with Crippen LogP contribution in [0.3, 0.4) is 0 Å². The minimum absolute atomic E-state index is 0.427. The molecule has 0 amide bonds. The van der Waals surface area contributed by atoms with Crippen molar-refractivity contribution in [1.29, 1.82) is 0 Å². The molecule has 6 atom stereocenters. The second-order valence-electron chi connectivity index (χ2n) is 3.79. The Kier molecular flexibility index (Phi) is 4.95. The Morgan fingerprint density at radius 1 is 1.35 bits per heavy atom. The summed E-state index contributed by atoms with van der Waals surface area (Å²) in [7, 11) is 1.21. The van der Waals surface area contributed by atoms with Crippen molar-refractivity contribution in [2.24, 2.45) is 5.73 Å². The van der Waals surface area contributed by atoms with Crippen LogP contribution in [0, 0.1) is 0 Å². The average molecular weight is 251 g/mol. The molecule has 0 aromatic carbocycles. The lowest BCUT2D eigenvalue weighted by Crippen LogP contribution is -2.62. The summed E-state index contributed by atoms with van der Waals surface area (Å²) in [4.78, 5) is 11.2. The highest BCUT2D eigenvalue weighted by atomic mass is 16.7. The molecule has 1 rings (SSSR count). The number of rotatable bonds is 4. The molecule has 0 spiro atoms. The first kappa shape index (κ1) is 14.5. The Morgan fingerprint density at radius 2 is 1.94 bits per heavy atom. The zero-order valence-electron chi connectivity index (χ0n) is 9.26. The van der Waals surface area contributed by atoms with Crippen LogP contribution in [0.1, 0.15) is 0 Å². The van der Waals surface area contributed by atoms with Gasteiger partial charge in [0.25, 0.3) is 0 Å². The number of carbonyl (C=O) groups excluding carboxylic acids is 1. The number of hydrogen-bond acceptors (Lipinski definition) is 8. The van der Waals surface area contributed by atoms with E-state index in [1.807, 2.05) is 0 Å². The van der Waals surface area contributed by atoms with E-state index < -0.39 is 49.1 Å². The van der Waals surface area contributed by atoms with Gasteiger partial charge in [-0.2, -0.15) is 0 Å². The molecular weight excluding hydrogens is 234 g/mol. The molecule has 0 saturated carbocycles. The highest BCUT2D eigenvalue weighted by Gasteiger charge is 2.47. The predicted molar refractivity (Wildman–Crippen MR) is 53.8 cm³/mol. The van der Waals surface area contributed by atoms with E-state index in [9.17, 15) is 25.2 Å². The quantitative estimate of drug-likeness (QED) is 0.344. The number of Topliss-reactive ketones (excluding diaryl/α,β-unsaturated/α-hetero) is 1. The number of aliphatic hydroxyl groups is 4. The molecule has 6 N–H and O–H groups in total. The summed E-state index contributed by atoms with van der Waals surface area (Å²) in [6, 6.07) is 0. The van der Waals surface area contributed by atoms with Gasteiger partial charge < -0.3 is 35.6 Å². The van der Waals surface area contributed by atoms with Gasteiger partial charge in [-0.25, -0.2) is 0 Å². The maximum Gasteiger partial charge on any atom is 0.186 e. The van der Waals surface area contributed by atoms with Gasteiger partial charge in [0.15, 0.2) is 12.1 Å². The lowest BCUT2D eigenvalue weighted by atomic mass is 9.93. The second-order valence-corrected chi connectivity index (χ2v) is 3.79. The number of aliphatic hydroxyl groups excluding tert-OH is 4. The number of nitrogens with two attached hydrogens (primary N) is 1. The molecule has 0 bridgehead atoms. The van der Waals surface area contributed by atoms with Crippen LogP contribution < -0.4 is 5.73 Å². The summed E-state index contributed by atoms with van der Waals surface area (Å²) < 4.78 is 9.73. The summed E-state index contributed by atoms with van der Waals surface area (Å²) >= 11 is 0. The van der Waals surface area contributed by atoms with Gasteiger partial charge in [0.2, 0.25) is 0 Å². The number of carbonyl (C=O) groups is 1. The van der Waals surface area contributed by atoms with Crippen LogP contribution in [-0.4, -0.2) is 76.7 Å². The van der Waals surface area contributed by atoms with Crippen molar-refractivity contribution in [2.45, 2.75) is 36.8 Å². The van der Waals surface area contributed by atoms with E-state index in [-0.39, 0.29) is 0 Å². The molecule has 1 aliphatic rings. The van der Waals surface area contributed by atoms with Crippen LogP contribution in [0.15, 0.2) is 0 Å². The number of ketones is 1. The molecule has 8 nitrogen and oxygen atoms in total. The highest BCUT2D eigenvalue weighted by molar-refractivity contribution is 5.85. The van der Waals surface area contributed by atoms with Gasteiger partial charge in [-0.05, 0) is 0 Å². The van der Waals surface area contributed by atoms with E-state index in [1.54, 1.807) is 0 Å². The molecular formula is C9H17NO7. The maximum absolute atomic E-state index is 11.2. The summed E-state index contributed by atoms with van der Waals surface area (Å²) in [5.41, 5.74) is 5.06. The molecule has 0 aromatic rings. The first-order chi connectivity index (χ1) is 7.93. The summed E-state index contributed by atoms with van der Waals surface area (Å²) in [6.07, 6.45) is -8.98. The second kappa shape index (κ2) is 5.83. The van der Waals surface area contributed by atoms with Gasteiger partial charge in [0.1, 0.15) is 30.5 Å². The van der Waals surface area contributed by atoms with Crippen molar-refractivity contribution < 1.29 is 34.7 Å². The molecule has 1 unspecified atom stereocenters. The van der Waals surface area contributed by atoms with Crippen molar-refractivity contribution in [1.82, 2.24) is 0 Å². The lowest BCUT2D eigenvalue weighted by Gasteiger charge is -2.41. The highest BCUT2D eigenvalue weighted by Crippen LogP contribution is 2.23. The van der Waals surface area contributed by atoms with Gasteiger partial charge in [-0.1, -0.05) is 0 Å². The normalized spacial score (nSPS) is 40.0.